The van der Waals surface area contributed by atoms with Gasteiger partial charge in [0.1, 0.15) is 11.6 Å². The Balaban J connectivity index is 2.13. The lowest BCUT2D eigenvalue weighted by Gasteiger charge is -2.18. The molecule has 0 aliphatic rings. The minimum Gasteiger partial charge on any atom is -0.481 e. The zero-order valence-corrected chi connectivity index (χ0v) is 13.3. The van der Waals surface area contributed by atoms with Crippen molar-refractivity contribution < 1.29 is 18.8 Å². The highest BCUT2D eigenvalue weighted by atomic mass is 19.1. The molecule has 0 radical (unpaired) electrons. The number of amides is 1. The molecule has 0 saturated heterocycles. The summed E-state index contributed by atoms with van der Waals surface area (Å²) in [5.41, 5.74) is 0.656. The van der Waals surface area contributed by atoms with Crippen molar-refractivity contribution in [3.63, 3.8) is 0 Å². The zero-order valence-electron chi connectivity index (χ0n) is 13.3. The first-order valence-electron chi connectivity index (χ1n) is 7.39. The Hall–Kier alpha value is -2.96. The molecular weight excluding hydrogens is 315 g/mol. The van der Waals surface area contributed by atoms with Crippen LogP contribution in [0.1, 0.15) is 18.9 Å². The molecule has 0 heterocycles. The Morgan fingerprint density at radius 1 is 1.29 bits per heavy atom. The molecule has 0 aliphatic heterocycles. The minimum atomic E-state index is -0.797. The topological polar surface area (TPSA) is 81.5 Å². The van der Waals surface area contributed by atoms with Crippen LogP contribution >= 0.6 is 0 Å². The van der Waals surface area contributed by atoms with Crippen LogP contribution in [0.25, 0.3) is 0 Å². The highest BCUT2D eigenvalue weighted by molar-refractivity contribution is 5.95. The fourth-order valence-electron chi connectivity index (χ4n) is 2.17. The molecule has 0 aliphatic carbocycles. The maximum absolute atomic E-state index is 12.9. The summed E-state index contributed by atoms with van der Waals surface area (Å²) in [7, 11) is 0. The van der Waals surface area contributed by atoms with Gasteiger partial charge in [-0.15, -0.1) is 0 Å². The van der Waals surface area contributed by atoms with E-state index >= 15 is 0 Å². The molecular formula is C17H17FN2O4. The van der Waals surface area contributed by atoms with E-state index in [0.29, 0.717) is 23.4 Å². The van der Waals surface area contributed by atoms with Crippen molar-refractivity contribution in [3.8, 4) is 5.75 Å². The maximum atomic E-state index is 12.9. The molecule has 126 valence electrons. The lowest BCUT2D eigenvalue weighted by atomic mass is 10.1. The molecule has 0 bridgehead atoms. The first-order valence-corrected chi connectivity index (χ1v) is 7.39. The van der Waals surface area contributed by atoms with Crippen LogP contribution < -0.4 is 10.1 Å². The highest BCUT2D eigenvalue weighted by Gasteiger charge is 2.21. The largest absolute Gasteiger partial charge is 0.481 e. The Bertz CT molecular complexity index is 747. The van der Waals surface area contributed by atoms with Gasteiger partial charge in [0.25, 0.3) is 11.6 Å². The molecule has 6 nitrogen and oxygen atoms in total. The van der Waals surface area contributed by atoms with Crippen molar-refractivity contribution in [1.29, 1.82) is 0 Å². The summed E-state index contributed by atoms with van der Waals surface area (Å²) in [6, 6.07) is 9.81. The summed E-state index contributed by atoms with van der Waals surface area (Å²) in [4.78, 5) is 22.8. The second-order valence-electron chi connectivity index (χ2n) is 5.16. The van der Waals surface area contributed by atoms with E-state index in [-0.39, 0.29) is 5.69 Å². The first kappa shape index (κ1) is 17.4. The van der Waals surface area contributed by atoms with E-state index in [4.69, 9.17) is 4.74 Å². The van der Waals surface area contributed by atoms with Crippen molar-refractivity contribution >= 4 is 17.3 Å². The van der Waals surface area contributed by atoms with Gasteiger partial charge in [-0.1, -0.05) is 13.0 Å². The third-order valence-corrected chi connectivity index (χ3v) is 3.51. The van der Waals surface area contributed by atoms with Crippen LogP contribution in [0.15, 0.2) is 42.5 Å². The number of nitrogens with zero attached hydrogens (tertiary/aromatic N) is 1. The van der Waals surface area contributed by atoms with Crippen LogP contribution in [-0.4, -0.2) is 16.9 Å². The molecule has 0 fully saturated rings. The van der Waals surface area contributed by atoms with Crippen LogP contribution in [0.5, 0.6) is 5.75 Å². The summed E-state index contributed by atoms with van der Waals surface area (Å²) in [5, 5.41) is 13.6. The Labute approximate surface area is 138 Å². The maximum Gasteiger partial charge on any atom is 0.274 e. The number of rotatable bonds is 6. The molecule has 1 amide bonds. The number of carbonyl (C=O) groups excluding carboxylic acids is 1. The number of nitrogens with one attached hydrogen (secondary N) is 1. The molecule has 0 unspecified atom stereocenters. The van der Waals surface area contributed by atoms with E-state index in [0.717, 1.165) is 0 Å². The Kier molecular flexibility index (Phi) is 5.47. The van der Waals surface area contributed by atoms with Gasteiger partial charge in [-0.3, -0.25) is 14.9 Å². The second-order valence-corrected chi connectivity index (χ2v) is 5.16. The van der Waals surface area contributed by atoms with E-state index in [9.17, 15) is 19.3 Å². The number of nitro benzene ring substituents is 1. The summed E-state index contributed by atoms with van der Waals surface area (Å²) >= 11 is 0. The average molecular weight is 332 g/mol. The molecule has 1 N–H and O–H groups in total. The second kappa shape index (κ2) is 7.54. The summed E-state index contributed by atoms with van der Waals surface area (Å²) in [6.07, 6.45) is -0.411. The van der Waals surface area contributed by atoms with Crippen LogP contribution in [0.2, 0.25) is 0 Å². The molecule has 2 aromatic carbocycles. The van der Waals surface area contributed by atoms with E-state index in [1.165, 1.54) is 36.4 Å². The van der Waals surface area contributed by atoms with Gasteiger partial charge in [-0.2, -0.15) is 0 Å². The van der Waals surface area contributed by atoms with E-state index in [2.05, 4.69) is 5.32 Å². The van der Waals surface area contributed by atoms with E-state index in [1.807, 2.05) is 0 Å². The predicted octanol–water partition coefficient (Wildman–Crippen LogP) is 3.84. The third kappa shape index (κ3) is 4.07. The van der Waals surface area contributed by atoms with Crippen molar-refractivity contribution in [3.05, 3.63) is 64.0 Å². The number of hydrogen-bond donors (Lipinski definition) is 1. The van der Waals surface area contributed by atoms with Crippen LogP contribution in [0.3, 0.4) is 0 Å². The summed E-state index contributed by atoms with van der Waals surface area (Å²) in [5.74, 6) is -0.452. The van der Waals surface area contributed by atoms with Gasteiger partial charge >= 0.3 is 0 Å². The zero-order chi connectivity index (χ0) is 17.7. The smallest absolute Gasteiger partial charge is 0.274 e. The SMILES string of the molecule is CC[C@@H](Oc1ccc(F)cc1)C(=O)Nc1cccc([N+](=O)[O-])c1C. The van der Waals surface area contributed by atoms with E-state index in [1.54, 1.807) is 19.9 Å². The molecule has 2 rings (SSSR count). The van der Waals surface area contributed by atoms with Gasteiger partial charge < -0.3 is 10.1 Å². The lowest BCUT2D eigenvalue weighted by Crippen LogP contribution is -2.32. The fourth-order valence-corrected chi connectivity index (χ4v) is 2.17. The fraction of sp³-hybridized carbons (Fsp3) is 0.235. The van der Waals surface area contributed by atoms with Gasteiger partial charge in [0, 0.05) is 6.07 Å². The first-order chi connectivity index (χ1) is 11.4. The van der Waals surface area contributed by atoms with Crippen LogP contribution in [0.4, 0.5) is 15.8 Å². The van der Waals surface area contributed by atoms with E-state index < -0.39 is 22.8 Å². The summed E-state index contributed by atoms with van der Waals surface area (Å²) in [6.45, 7) is 3.34. The van der Waals surface area contributed by atoms with Crippen LogP contribution in [-0.2, 0) is 4.79 Å². The molecule has 2 aromatic rings. The number of benzene rings is 2. The minimum absolute atomic E-state index is 0.0692. The van der Waals surface area contributed by atoms with Crippen LogP contribution in [0, 0.1) is 22.9 Å². The van der Waals surface area contributed by atoms with Gasteiger partial charge in [0.15, 0.2) is 6.10 Å². The number of ether oxygens (including phenoxy) is 1. The Morgan fingerprint density at radius 2 is 1.96 bits per heavy atom. The normalized spacial score (nSPS) is 11.6. The molecule has 7 heteroatoms. The molecule has 24 heavy (non-hydrogen) atoms. The van der Waals surface area contributed by atoms with Gasteiger partial charge in [0.05, 0.1) is 16.2 Å². The molecule has 0 aromatic heterocycles. The standard InChI is InChI=1S/C17H17FN2O4/c1-3-16(24-13-9-7-12(18)8-10-13)17(21)19-14-5-4-6-15(11(14)2)20(22)23/h4-10,16H,3H2,1-2H3,(H,19,21)/t16-/m1/s1. The molecule has 0 spiro atoms. The monoisotopic (exact) mass is 332 g/mol. The van der Waals surface area contributed by atoms with Crippen molar-refractivity contribution in [1.82, 2.24) is 0 Å². The predicted molar refractivity (Wildman–Crippen MR) is 87.6 cm³/mol. The number of nitro groups is 1. The van der Waals surface area contributed by atoms with Crippen molar-refractivity contribution in [2.24, 2.45) is 0 Å². The van der Waals surface area contributed by atoms with Gasteiger partial charge in [-0.05, 0) is 43.7 Å². The summed E-state index contributed by atoms with van der Waals surface area (Å²) < 4.78 is 18.5. The molecule has 1 atom stereocenters. The quantitative estimate of drug-likeness (QED) is 0.644. The number of halogens is 1. The van der Waals surface area contributed by atoms with Crippen molar-refractivity contribution in [2.45, 2.75) is 26.4 Å². The van der Waals surface area contributed by atoms with Gasteiger partial charge in [-0.25, -0.2) is 4.39 Å². The van der Waals surface area contributed by atoms with Crippen molar-refractivity contribution in [2.75, 3.05) is 5.32 Å². The van der Waals surface area contributed by atoms with Gasteiger partial charge in [0.2, 0.25) is 0 Å². The lowest BCUT2D eigenvalue weighted by molar-refractivity contribution is -0.385. The third-order valence-electron chi connectivity index (χ3n) is 3.51. The average Bonchev–Trinajstić information content (AvgIpc) is 2.55. The highest BCUT2D eigenvalue weighted by Crippen LogP contribution is 2.25. The number of hydrogen-bond acceptors (Lipinski definition) is 4. The Morgan fingerprint density at radius 3 is 2.54 bits per heavy atom. The molecule has 0 saturated carbocycles. The number of carbonyl (C=O) groups is 1. The number of anilines is 1.